The summed E-state index contributed by atoms with van der Waals surface area (Å²) in [4.78, 5) is 15.4. The summed E-state index contributed by atoms with van der Waals surface area (Å²) in [7, 11) is 0. The van der Waals surface area contributed by atoms with Gasteiger partial charge in [0.1, 0.15) is 18.8 Å². The van der Waals surface area contributed by atoms with Crippen molar-refractivity contribution in [1.29, 1.82) is 0 Å². The Morgan fingerprint density at radius 3 is 2.95 bits per heavy atom. The topological polar surface area (TPSA) is 79.9 Å². The molecule has 1 aromatic carbocycles. The van der Waals surface area contributed by atoms with Gasteiger partial charge in [-0.2, -0.15) is 5.10 Å². The van der Waals surface area contributed by atoms with Crippen LogP contribution in [0.5, 0.6) is 0 Å². The molecule has 2 N–H and O–H groups in total. The number of H-pyrrole nitrogens is 1. The molecule has 1 amide bonds. The van der Waals surface area contributed by atoms with Crippen molar-refractivity contribution in [1.82, 2.24) is 20.5 Å². The number of amides is 1. The van der Waals surface area contributed by atoms with Gasteiger partial charge in [-0.15, -0.1) is 0 Å². The molecule has 1 heterocycles. The molecule has 0 aliphatic carbocycles. The lowest BCUT2D eigenvalue weighted by molar-refractivity contribution is 0.140. The van der Waals surface area contributed by atoms with Crippen molar-refractivity contribution >= 4 is 12.2 Å². The van der Waals surface area contributed by atoms with Crippen LogP contribution in [-0.4, -0.2) is 27.8 Å². The monoisotopic (exact) mass is 272 g/mol. The predicted octanol–water partition coefficient (Wildman–Crippen LogP) is 2.13. The van der Waals surface area contributed by atoms with E-state index in [1.54, 1.807) is 0 Å². The number of hydrogen-bond donors (Lipinski definition) is 2. The average Bonchev–Trinajstić information content (AvgIpc) is 2.99. The molecule has 0 fully saturated rings. The average molecular weight is 272 g/mol. The van der Waals surface area contributed by atoms with E-state index in [4.69, 9.17) is 4.74 Å². The van der Waals surface area contributed by atoms with Crippen molar-refractivity contribution in [2.45, 2.75) is 13.0 Å². The third-order valence-electron chi connectivity index (χ3n) is 2.50. The summed E-state index contributed by atoms with van der Waals surface area (Å²) in [5, 5.41) is 9.12. The number of aromatic nitrogens is 3. The Bertz CT molecular complexity index is 538. The van der Waals surface area contributed by atoms with Gasteiger partial charge in [0, 0.05) is 6.54 Å². The summed E-state index contributed by atoms with van der Waals surface area (Å²) in [6, 6.07) is 9.56. The van der Waals surface area contributed by atoms with Gasteiger partial charge in [-0.3, -0.25) is 5.10 Å². The summed E-state index contributed by atoms with van der Waals surface area (Å²) in [5.41, 5.74) is 0.966. The van der Waals surface area contributed by atoms with Crippen LogP contribution in [0.15, 0.2) is 42.7 Å². The highest BCUT2D eigenvalue weighted by molar-refractivity contribution is 5.67. The standard InChI is InChI=1S/C14H16N4O2/c19-14(20-10-12-6-2-1-3-7-12)15-9-5-4-8-13-16-11-17-18-13/h1-4,6-8,11H,5,9-10H2,(H,15,19)(H,16,17,18). The molecular weight excluding hydrogens is 256 g/mol. The first-order valence-electron chi connectivity index (χ1n) is 6.31. The van der Waals surface area contributed by atoms with E-state index < -0.39 is 6.09 Å². The third kappa shape index (κ3) is 4.93. The zero-order valence-corrected chi connectivity index (χ0v) is 11.0. The van der Waals surface area contributed by atoms with Crippen LogP contribution in [0, 0.1) is 0 Å². The quantitative estimate of drug-likeness (QED) is 0.789. The van der Waals surface area contributed by atoms with Crippen LogP contribution < -0.4 is 5.32 Å². The predicted molar refractivity (Wildman–Crippen MR) is 74.7 cm³/mol. The minimum absolute atomic E-state index is 0.278. The molecular formula is C14H16N4O2. The summed E-state index contributed by atoms with van der Waals surface area (Å²) < 4.78 is 5.08. The molecule has 0 saturated carbocycles. The molecule has 0 spiro atoms. The maximum absolute atomic E-state index is 11.4. The Morgan fingerprint density at radius 2 is 2.20 bits per heavy atom. The zero-order valence-electron chi connectivity index (χ0n) is 11.0. The van der Waals surface area contributed by atoms with E-state index in [1.807, 2.05) is 42.5 Å². The van der Waals surface area contributed by atoms with Gasteiger partial charge in [0.05, 0.1) is 0 Å². The number of carbonyl (C=O) groups is 1. The fourth-order valence-corrected chi connectivity index (χ4v) is 1.52. The highest BCUT2D eigenvalue weighted by Gasteiger charge is 2.00. The second kappa shape index (κ2) is 7.73. The van der Waals surface area contributed by atoms with E-state index in [2.05, 4.69) is 20.5 Å². The largest absolute Gasteiger partial charge is 0.445 e. The second-order valence-corrected chi connectivity index (χ2v) is 4.05. The normalized spacial score (nSPS) is 10.6. The number of nitrogens with zero attached hydrogens (tertiary/aromatic N) is 2. The van der Waals surface area contributed by atoms with E-state index >= 15 is 0 Å². The van der Waals surface area contributed by atoms with Crippen molar-refractivity contribution in [2.75, 3.05) is 6.54 Å². The first-order chi connectivity index (χ1) is 9.84. The van der Waals surface area contributed by atoms with Crippen LogP contribution in [0.25, 0.3) is 6.08 Å². The molecule has 2 aromatic rings. The van der Waals surface area contributed by atoms with Crippen LogP contribution in [0.4, 0.5) is 4.79 Å². The first-order valence-corrected chi connectivity index (χ1v) is 6.31. The molecule has 0 aliphatic rings. The Balaban J connectivity index is 1.58. The number of rotatable bonds is 6. The van der Waals surface area contributed by atoms with Crippen LogP contribution in [0.3, 0.4) is 0 Å². The van der Waals surface area contributed by atoms with Gasteiger partial charge < -0.3 is 10.1 Å². The lowest BCUT2D eigenvalue weighted by atomic mass is 10.2. The fraction of sp³-hybridized carbons (Fsp3) is 0.214. The molecule has 0 bridgehead atoms. The molecule has 0 radical (unpaired) electrons. The van der Waals surface area contributed by atoms with E-state index in [-0.39, 0.29) is 6.61 Å². The van der Waals surface area contributed by atoms with Crippen LogP contribution in [-0.2, 0) is 11.3 Å². The Morgan fingerprint density at radius 1 is 1.35 bits per heavy atom. The molecule has 20 heavy (non-hydrogen) atoms. The summed E-state index contributed by atoms with van der Waals surface area (Å²) in [5.74, 6) is 0.691. The smallest absolute Gasteiger partial charge is 0.407 e. The lowest BCUT2D eigenvalue weighted by Crippen LogP contribution is -2.24. The fourth-order valence-electron chi connectivity index (χ4n) is 1.52. The highest BCUT2D eigenvalue weighted by Crippen LogP contribution is 2.00. The van der Waals surface area contributed by atoms with Crippen LogP contribution >= 0.6 is 0 Å². The number of carbonyl (C=O) groups excluding carboxylic acids is 1. The number of benzene rings is 1. The molecule has 1 aromatic heterocycles. The lowest BCUT2D eigenvalue weighted by Gasteiger charge is -2.05. The Labute approximate surface area is 116 Å². The SMILES string of the molecule is O=C(NCCC=Cc1ncn[nH]1)OCc1ccccc1. The number of hydrogen-bond acceptors (Lipinski definition) is 4. The molecule has 104 valence electrons. The number of alkyl carbamates (subject to hydrolysis) is 1. The van der Waals surface area contributed by atoms with E-state index in [1.165, 1.54) is 6.33 Å². The summed E-state index contributed by atoms with van der Waals surface area (Å²) >= 11 is 0. The van der Waals surface area contributed by atoms with E-state index in [0.29, 0.717) is 18.8 Å². The Kier molecular flexibility index (Phi) is 5.33. The zero-order chi connectivity index (χ0) is 14.0. The minimum atomic E-state index is -0.415. The molecule has 2 rings (SSSR count). The molecule has 6 heteroatoms. The molecule has 0 aliphatic heterocycles. The van der Waals surface area contributed by atoms with E-state index in [0.717, 1.165) is 5.56 Å². The number of aromatic amines is 1. The maximum atomic E-state index is 11.4. The van der Waals surface area contributed by atoms with Crippen LogP contribution in [0.1, 0.15) is 17.8 Å². The number of nitrogens with one attached hydrogen (secondary N) is 2. The third-order valence-corrected chi connectivity index (χ3v) is 2.50. The van der Waals surface area contributed by atoms with Gasteiger partial charge in [0.15, 0.2) is 0 Å². The molecule has 6 nitrogen and oxygen atoms in total. The minimum Gasteiger partial charge on any atom is -0.445 e. The molecule has 0 atom stereocenters. The van der Waals surface area contributed by atoms with Gasteiger partial charge >= 0.3 is 6.09 Å². The van der Waals surface area contributed by atoms with Crippen molar-refractivity contribution in [3.05, 3.63) is 54.1 Å². The molecule has 0 saturated heterocycles. The Hall–Kier alpha value is -2.63. The second-order valence-electron chi connectivity index (χ2n) is 4.05. The summed E-state index contributed by atoms with van der Waals surface area (Å²) in [6.45, 7) is 0.791. The van der Waals surface area contributed by atoms with Crippen LogP contribution in [0.2, 0.25) is 0 Å². The highest BCUT2D eigenvalue weighted by atomic mass is 16.5. The summed E-state index contributed by atoms with van der Waals surface area (Å²) in [6.07, 6.45) is 5.43. The molecule has 0 unspecified atom stereocenters. The van der Waals surface area contributed by atoms with Gasteiger partial charge in [-0.05, 0) is 18.1 Å². The first kappa shape index (κ1) is 13.8. The van der Waals surface area contributed by atoms with Gasteiger partial charge in [0.25, 0.3) is 0 Å². The van der Waals surface area contributed by atoms with Crippen molar-refractivity contribution in [3.8, 4) is 0 Å². The van der Waals surface area contributed by atoms with Gasteiger partial charge in [-0.25, -0.2) is 9.78 Å². The van der Waals surface area contributed by atoms with Crippen molar-refractivity contribution in [3.63, 3.8) is 0 Å². The number of ether oxygens (including phenoxy) is 1. The van der Waals surface area contributed by atoms with Gasteiger partial charge in [0.2, 0.25) is 0 Å². The maximum Gasteiger partial charge on any atom is 0.407 e. The van der Waals surface area contributed by atoms with Gasteiger partial charge in [-0.1, -0.05) is 36.4 Å². The van der Waals surface area contributed by atoms with Crippen molar-refractivity contribution < 1.29 is 9.53 Å². The van der Waals surface area contributed by atoms with E-state index in [9.17, 15) is 4.79 Å². The van der Waals surface area contributed by atoms with Crippen molar-refractivity contribution in [2.24, 2.45) is 0 Å².